The van der Waals surface area contributed by atoms with Crippen LogP contribution in [0.15, 0.2) is 53.9 Å². The summed E-state index contributed by atoms with van der Waals surface area (Å²) >= 11 is 1.55. The number of hydrogen-bond donors (Lipinski definition) is 1. The molecule has 0 radical (unpaired) electrons. The van der Waals surface area contributed by atoms with Crippen molar-refractivity contribution in [2.45, 2.75) is 13.5 Å². The monoisotopic (exact) mass is 400 g/mol. The van der Waals surface area contributed by atoms with Crippen molar-refractivity contribution in [3.05, 3.63) is 76.0 Å². The number of esters is 1. The van der Waals surface area contributed by atoms with Gasteiger partial charge in [0.25, 0.3) is 5.91 Å². The van der Waals surface area contributed by atoms with Crippen LogP contribution in [-0.2, 0) is 16.1 Å². The van der Waals surface area contributed by atoms with Crippen LogP contribution in [0, 0.1) is 12.7 Å². The fourth-order valence-electron chi connectivity index (χ4n) is 2.26. The SMILES string of the molecule is Cc1nc(COc2ccc(C(=O)OCC(=O)Nc3ccc(F)cc3)cc2)cs1. The number of rotatable bonds is 7. The average molecular weight is 400 g/mol. The van der Waals surface area contributed by atoms with Crippen molar-refractivity contribution in [2.24, 2.45) is 0 Å². The first-order chi connectivity index (χ1) is 13.5. The number of hydrogen-bond acceptors (Lipinski definition) is 6. The van der Waals surface area contributed by atoms with Gasteiger partial charge in [0.05, 0.1) is 16.3 Å². The number of ether oxygens (including phenoxy) is 2. The number of carbonyl (C=O) groups is 2. The third-order valence-electron chi connectivity index (χ3n) is 3.61. The molecule has 0 aliphatic carbocycles. The number of thiazole rings is 1. The van der Waals surface area contributed by atoms with Gasteiger partial charge in [-0.1, -0.05) is 0 Å². The Morgan fingerprint density at radius 3 is 2.46 bits per heavy atom. The first kappa shape index (κ1) is 19.5. The Morgan fingerprint density at radius 1 is 1.11 bits per heavy atom. The van der Waals surface area contributed by atoms with E-state index < -0.39 is 24.3 Å². The molecule has 0 spiro atoms. The predicted octanol–water partition coefficient (Wildman–Crippen LogP) is 3.97. The van der Waals surface area contributed by atoms with Gasteiger partial charge in [0.1, 0.15) is 18.2 Å². The molecule has 1 amide bonds. The molecule has 1 heterocycles. The van der Waals surface area contributed by atoms with E-state index in [2.05, 4.69) is 10.3 Å². The highest BCUT2D eigenvalue weighted by atomic mass is 32.1. The van der Waals surface area contributed by atoms with Crippen LogP contribution in [0.25, 0.3) is 0 Å². The Balaban J connectivity index is 1.46. The summed E-state index contributed by atoms with van der Waals surface area (Å²) in [7, 11) is 0. The van der Waals surface area contributed by atoms with Crippen molar-refractivity contribution in [3.63, 3.8) is 0 Å². The zero-order valence-electron chi connectivity index (χ0n) is 15.0. The molecule has 28 heavy (non-hydrogen) atoms. The smallest absolute Gasteiger partial charge is 0.338 e. The Morgan fingerprint density at radius 2 is 1.82 bits per heavy atom. The van der Waals surface area contributed by atoms with Crippen LogP contribution in [0.5, 0.6) is 5.75 Å². The third kappa shape index (κ3) is 5.62. The summed E-state index contributed by atoms with van der Waals surface area (Å²) in [6, 6.07) is 11.7. The summed E-state index contributed by atoms with van der Waals surface area (Å²) < 4.78 is 23.4. The molecule has 0 saturated carbocycles. The molecule has 0 atom stereocenters. The molecule has 0 aliphatic heterocycles. The lowest BCUT2D eigenvalue weighted by atomic mass is 10.2. The molecule has 1 aromatic heterocycles. The Bertz CT molecular complexity index is 955. The Labute approximate surface area is 164 Å². The summed E-state index contributed by atoms with van der Waals surface area (Å²) in [6.07, 6.45) is 0. The van der Waals surface area contributed by atoms with Gasteiger partial charge in [-0.2, -0.15) is 0 Å². The minimum absolute atomic E-state index is 0.298. The number of benzene rings is 2. The van der Waals surface area contributed by atoms with Crippen LogP contribution in [-0.4, -0.2) is 23.5 Å². The van der Waals surface area contributed by atoms with Crippen molar-refractivity contribution in [3.8, 4) is 5.75 Å². The predicted molar refractivity (Wildman–Crippen MR) is 103 cm³/mol. The molecule has 144 valence electrons. The second kappa shape index (κ2) is 9.09. The summed E-state index contributed by atoms with van der Waals surface area (Å²) in [5, 5.41) is 5.41. The first-order valence-corrected chi connectivity index (χ1v) is 9.24. The lowest BCUT2D eigenvalue weighted by molar-refractivity contribution is -0.119. The largest absolute Gasteiger partial charge is 0.487 e. The Hall–Kier alpha value is -3.26. The first-order valence-electron chi connectivity index (χ1n) is 8.36. The van der Waals surface area contributed by atoms with Gasteiger partial charge in [-0.25, -0.2) is 14.2 Å². The van der Waals surface area contributed by atoms with E-state index in [1.807, 2.05) is 12.3 Å². The minimum atomic E-state index is -0.629. The van der Waals surface area contributed by atoms with Crippen molar-refractivity contribution in [1.29, 1.82) is 0 Å². The second-order valence-electron chi connectivity index (χ2n) is 5.80. The van der Waals surface area contributed by atoms with Crippen LogP contribution in [0.1, 0.15) is 21.1 Å². The van der Waals surface area contributed by atoms with E-state index in [-0.39, 0.29) is 0 Å². The molecular formula is C20H17FN2O4S. The van der Waals surface area contributed by atoms with E-state index in [4.69, 9.17) is 9.47 Å². The molecule has 2 aromatic carbocycles. The normalized spacial score (nSPS) is 10.4. The average Bonchev–Trinajstić information content (AvgIpc) is 3.12. The Kier molecular flexibility index (Phi) is 6.33. The van der Waals surface area contributed by atoms with Gasteiger partial charge >= 0.3 is 5.97 Å². The lowest BCUT2D eigenvalue weighted by Gasteiger charge is -2.08. The van der Waals surface area contributed by atoms with Gasteiger partial charge in [0, 0.05) is 11.1 Å². The van der Waals surface area contributed by atoms with E-state index in [9.17, 15) is 14.0 Å². The van der Waals surface area contributed by atoms with Crippen LogP contribution in [0.4, 0.5) is 10.1 Å². The summed E-state index contributed by atoms with van der Waals surface area (Å²) in [6.45, 7) is 1.82. The van der Waals surface area contributed by atoms with Crippen molar-refractivity contribution in [1.82, 2.24) is 4.98 Å². The highest BCUT2D eigenvalue weighted by Gasteiger charge is 2.11. The number of carbonyl (C=O) groups excluding carboxylic acids is 2. The number of amides is 1. The van der Waals surface area contributed by atoms with Crippen molar-refractivity contribution >= 4 is 28.9 Å². The van der Waals surface area contributed by atoms with E-state index >= 15 is 0 Å². The maximum Gasteiger partial charge on any atom is 0.338 e. The number of nitrogens with zero attached hydrogens (tertiary/aromatic N) is 1. The molecular weight excluding hydrogens is 383 g/mol. The van der Waals surface area contributed by atoms with E-state index in [0.29, 0.717) is 23.6 Å². The van der Waals surface area contributed by atoms with Crippen molar-refractivity contribution in [2.75, 3.05) is 11.9 Å². The highest BCUT2D eigenvalue weighted by Crippen LogP contribution is 2.16. The highest BCUT2D eigenvalue weighted by molar-refractivity contribution is 7.09. The number of aromatic nitrogens is 1. The second-order valence-corrected chi connectivity index (χ2v) is 6.86. The van der Waals surface area contributed by atoms with Crippen LogP contribution in [0.2, 0.25) is 0 Å². The number of nitrogens with one attached hydrogen (secondary N) is 1. The maximum atomic E-state index is 12.8. The van der Waals surface area contributed by atoms with Gasteiger partial charge in [-0.15, -0.1) is 11.3 Å². The molecule has 6 nitrogen and oxygen atoms in total. The number of anilines is 1. The van der Waals surface area contributed by atoms with Crippen molar-refractivity contribution < 1.29 is 23.5 Å². The van der Waals surface area contributed by atoms with E-state index in [1.54, 1.807) is 35.6 Å². The van der Waals surface area contributed by atoms with E-state index in [1.165, 1.54) is 24.3 Å². The molecule has 3 aromatic rings. The fraction of sp³-hybridized carbons (Fsp3) is 0.150. The van der Waals surface area contributed by atoms with E-state index in [0.717, 1.165) is 10.7 Å². The number of aryl methyl sites for hydroxylation is 1. The molecule has 0 bridgehead atoms. The van der Waals surface area contributed by atoms with Crippen LogP contribution in [0.3, 0.4) is 0 Å². The topological polar surface area (TPSA) is 77.5 Å². The van der Waals surface area contributed by atoms with Gasteiger partial charge < -0.3 is 14.8 Å². The minimum Gasteiger partial charge on any atom is -0.487 e. The molecule has 0 unspecified atom stereocenters. The lowest BCUT2D eigenvalue weighted by Crippen LogP contribution is -2.20. The molecule has 0 aliphatic rings. The molecule has 8 heteroatoms. The number of halogens is 1. The summed E-state index contributed by atoms with van der Waals surface area (Å²) in [5.74, 6) is -0.954. The molecule has 0 saturated heterocycles. The van der Waals surface area contributed by atoms with Gasteiger partial charge in [0.2, 0.25) is 0 Å². The molecule has 1 N–H and O–H groups in total. The third-order valence-corrected chi connectivity index (χ3v) is 4.43. The molecule has 0 fully saturated rings. The molecule has 3 rings (SSSR count). The van der Waals surface area contributed by atoms with Crippen LogP contribution >= 0.6 is 11.3 Å². The quantitative estimate of drug-likeness (QED) is 0.608. The summed E-state index contributed by atoms with van der Waals surface area (Å²) in [5.41, 5.74) is 1.56. The fourth-order valence-corrected chi connectivity index (χ4v) is 2.86. The zero-order valence-corrected chi connectivity index (χ0v) is 15.8. The standard InChI is InChI=1S/C20H17FN2O4S/c1-13-22-17(12-28-13)10-26-18-8-2-14(3-9-18)20(25)27-11-19(24)23-16-6-4-15(21)5-7-16/h2-9,12H,10-11H2,1H3,(H,23,24). The maximum absolute atomic E-state index is 12.8. The van der Waals surface area contributed by atoms with Gasteiger partial charge in [-0.3, -0.25) is 4.79 Å². The van der Waals surface area contributed by atoms with Gasteiger partial charge in [-0.05, 0) is 55.5 Å². The summed E-state index contributed by atoms with van der Waals surface area (Å²) in [4.78, 5) is 28.1. The van der Waals surface area contributed by atoms with Gasteiger partial charge in [0.15, 0.2) is 6.61 Å². The van der Waals surface area contributed by atoms with Crippen LogP contribution < -0.4 is 10.1 Å². The zero-order chi connectivity index (χ0) is 19.9.